The Bertz CT molecular complexity index is 1270. The van der Waals surface area contributed by atoms with E-state index < -0.39 is 11.7 Å². The van der Waals surface area contributed by atoms with Crippen molar-refractivity contribution in [2.75, 3.05) is 17.7 Å². The van der Waals surface area contributed by atoms with Gasteiger partial charge < -0.3 is 14.8 Å². The molecule has 0 spiro atoms. The first-order chi connectivity index (χ1) is 17.5. The second kappa shape index (κ2) is 12.3. The zero-order chi connectivity index (χ0) is 27.0. The summed E-state index contributed by atoms with van der Waals surface area (Å²) in [7, 11) is 1.35. The Kier molecular flexibility index (Phi) is 9.19. The van der Waals surface area contributed by atoms with Crippen LogP contribution in [0.15, 0.2) is 48.5 Å². The number of anilines is 2. The highest BCUT2D eigenvalue weighted by molar-refractivity contribution is 7.16. The Balaban J connectivity index is 1.69. The average Bonchev–Trinajstić information content (AvgIpc) is 3.21. The number of aromatic nitrogens is 1. The summed E-state index contributed by atoms with van der Waals surface area (Å²) >= 11 is 1.40. The topological polar surface area (TPSA) is 107 Å². The van der Waals surface area contributed by atoms with E-state index >= 15 is 0 Å². The van der Waals surface area contributed by atoms with E-state index in [-0.39, 0.29) is 11.9 Å². The fourth-order valence-electron chi connectivity index (χ4n) is 3.34. The Morgan fingerprint density at radius 2 is 1.62 bits per heavy atom. The number of ether oxygens (including phenoxy) is 2. The van der Waals surface area contributed by atoms with E-state index in [4.69, 9.17) is 9.47 Å². The molecule has 0 aliphatic carbocycles. The summed E-state index contributed by atoms with van der Waals surface area (Å²) in [6.45, 7) is 6.90. The van der Waals surface area contributed by atoms with Crippen LogP contribution in [0.3, 0.4) is 0 Å². The molecule has 37 heavy (non-hydrogen) atoms. The molecule has 0 atom stereocenters. The molecular weight excluding hydrogens is 490 g/mol. The normalized spacial score (nSPS) is 11.3. The minimum absolute atomic E-state index is 0.178. The van der Waals surface area contributed by atoms with Crippen LogP contribution in [0.4, 0.5) is 15.6 Å². The third-order valence-corrected chi connectivity index (χ3v) is 6.00. The van der Waals surface area contributed by atoms with Crippen molar-refractivity contribution >= 4 is 52.3 Å². The van der Waals surface area contributed by atoms with Crippen LogP contribution >= 0.6 is 11.3 Å². The third-order valence-electron chi connectivity index (χ3n) is 5.02. The summed E-state index contributed by atoms with van der Waals surface area (Å²) in [6, 6.07) is 14.7. The van der Waals surface area contributed by atoms with E-state index in [9.17, 15) is 14.4 Å². The van der Waals surface area contributed by atoms with Gasteiger partial charge in [0, 0.05) is 12.6 Å². The second-order valence-corrected chi connectivity index (χ2v) is 10.3. The van der Waals surface area contributed by atoms with Gasteiger partial charge in [0.25, 0.3) is 0 Å². The number of nitrogens with one attached hydrogen (secondary N) is 2. The molecule has 0 fully saturated rings. The van der Waals surface area contributed by atoms with Crippen LogP contribution in [-0.2, 0) is 27.1 Å². The lowest BCUT2D eigenvalue weighted by molar-refractivity contribution is -0.114. The molecule has 8 nitrogen and oxygen atoms in total. The van der Waals surface area contributed by atoms with Gasteiger partial charge in [-0.3, -0.25) is 10.1 Å². The van der Waals surface area contributed by atoms with Gasteiger partial charge in [0.15, 0.2) is 5.13 Å². The molecular formula is C28H31N3O5S. The number of nitrogens with zero attached hydrogens (tertiary/aromatic N) is 1. The SMILES string of the molecule is COC(=O)c1ccc(C=Cc2sc(NC(C)=O)nc2CCc2ccc(NC(=O)OC(C)(C)C)cc2)cc1. The number of aryl methyl sites for hydroxylation is 2. The molecule has 0 saturated carbocycles. The zero-order valence-corrected chi connectivity index (χ0v) is 22.4. The lowest BCUT2D eigenvalue weighted by Gasteiger charge is -2.19. The molecule has 2 amide bonds. The minimum atomic E-state index is -0.563. The Morgan fingerprint density at radius 1 is 0.946 bits per heavy atom. The summed E-state index contributed by atoms with van der Waals surface area (Å²) in [4.78, 5) is 40.7. The molecule has 0 unspecified atom stereocenters. The molecule has 3 rings (SSSR count). The number of rotatable bonds is 8. The number of hydrogen-bond donors (Lipinski definition) is 2. The summed E-state index contributed by atoms with van der Waals surface area (Å²) < 4.78 is 10.0. The van der Waals surface area contributed by atoms with E-state index in [0.29, 0.717) is 22.8 Å². The molecule has 1 heterocycles. The smallest absolute Gasteiger partial charge is 0.412 e. The van der Waals surface area contributed by atoms with Gasteiger partial charge in [-0.05, 0) is 75.1 Å². The molecule has 0 aliphatic heterocycles. The maximum absolute atomic E-state index is 12.0. The van der Waals surface area contributed by atoms with E-state index in [1.807, 2.05) is 69.3 Å². The van der Waals surface area contributed by atoms with Crippen LogP contribution in [0.25, 0.3) is 12.2 Å². The van der Waals surface area contributed by atoms with Crippen LogP contribution in [-0.4, -0.2) is 35.7 Å². The highest BCUT2D eigenvalue weighted by Gasteiger charge is 2.16. The van der Waals surface area contributed by atoms with Crippen molar-refractivity contribution in [2.45, 2.75) is 46.1 Å². The summed E-state index contributed by atoms with van der Waals surface area (Å²) in [5.41, 5.74) is 3.44. The lowest BCUT2D eigenvalue weighted by Crippen LogP contribution is -2.27. The molecule has 194 valence electrons. The van der Waals surface area contributed by atoms with Crippen LogP contribution < -0.4 is 10.6 Å². The number of esters is 1. The van der Waals surface area contributed by atoms with Gasteiger partial charge in [-0.15, -0.1) is 0 Å². The number of carbonyl (C=O) groups excluding carboxylic acids is 3. The quantitative estimate of drug-likeness (QED) is 0.342. The summed E-state index contributed by atoms with van der Waals surface area (Å²) in [5.74, 6) is -0.559. The predicted molar refractivity (Wildman–Crippen MR) is 147 cm³/mol. The van der Waals surface area contributed by atoms with Gasteiger partial charge in [0.05, 0.1) is 23.2 Å². The fraction of sp³-hybridized carbons (Fsp3) is 0.286. The minimum Gasteiger partial charge on any atom is -0.465 e. The van der Waals surface area contributed by atoms with Crippen molar-refractivity contribution < 1.29 is 23.9 Å². The largest absolute Gasteiger partial charge is 0.465 e. The van der Waals surface area contributed by atoms with Gasteiger partial charge in [-0.25, -0.2) is 14.6 Å². The number of methoxy groups -OCH3 is 1. The Morgan fingerprint density at radius 3 is 2.22 bits per heavy atom. The molecule has 0 saturated heterocycles. The van der Waals surface area contributed by atoms with Crippen molar-refractivity contribution in [3.8, 4) is 0 Å². The van der Waals surface area contributed by atoms with E-state index in [2.05, 4.69) is 15.6 Å². The Labute approximate surface area is 220 Å². The van der Waals surface area contributed by atoms with Crippen molar-refractivity contribution in [3.63, 3.8) is 0 Å². The standard InChI is InChI=1S/C28H31N3O5S/c1-18(32)29-26-31-23(24(37-26)17-11-19-6-12-21(13-7-19)25(33)35-5)16-10-20-8-14-22(15-9-20)30-27(34)36-28(2,3)4/h6-9,11-15,17H,10,16H2,1-5H3,(H,30,34)(H,29,31,32). The monoisotopic (exact) mass is 521 g/mol. The fourth-order valence-corrected chi connectivity index (χ4v) is 4.30. The average molecular weight is 522 g/mol. The number of benzene rings is 2. The number of hydrogen-bond acceptors (Lipinski definition) is 7. The van der Waals surface area contributed by atoms with E-state index in [1.54, 1.807) is 12.1 Å². The molecule has 9 heteroatoms. The van der Waals surface area contributed by atoms with Crippen molar-refractivity contribution in [2.24, 2.45) is 0 Å². The number of amides is 2. The maximum atomic E-state index is 12.0. The first-order valence-electron chi connectivity index (χ1n) is 11.7. The van der Waals surface area contributed by atoms with Gasteiger partial charge in [-0.1, -0.05) is 41.7 Å². The Hall–Kier alpha value is -3.98. The molecule has 2 aromatic carbocycles. The van der Waals surface area contributed by atoms with Crippen LogP contribution in [0.1, 0.15) is 59.8 Å². The number of carbonyl (C=O) groups is 3. The third kappa shape index (κ3) is 8.88. The summed E-state index contributed by atoms with van der Waals surface area (Å²) in [6.07, 6.45) is 4.79. The molecule has 2 N–H and O–H groups in total. The van der Waals surface area contributed by atoms with Crippen LogP contribution in [0.2, 0.25) is 0 Å². The van der Waals surface area contributed by atoms with E-state index in [0.717, 1.165) is 28.1 Å². The molecule has 0 bridgehead atoms. The predicted octanol–water partition coefficient (Wildman–Crippen LogP) is 6.19. The van der Waals surface area contributed by atoms with Gasteiger partial charge in [-0.2, -0.15) is 0 Å². The van der Waals surface area contributed by atoms with Gasteiger partial charge >= 0.3 is 12.1 Å². The van der Waals surface area contributed by atoms with Crippen LogP contribution in [0, 0.1) is 0 Å². The molecule has 0 radical (unpaired) electrons. The van der Waals surface area contributed by atoms with Crippen LogP contribution in [0.5, 0.6) is 0 Å². The first kappa shape index (κ1) is 27.6. The zero-order valence-electron chi connectivity index (χ0n) is 21.6. The van der Waals surface area contributed by atoms with Gasteiger partial charge in [0.1, 0.15) is 5.60 Å². The second-order valence-electron chi connectivity index (χ2n) is 9.28. The van der Waals surface area contributed by atoms with Crippen molar-refractivity contribution in [3.05, 3.63) is 75.8 Å². The molecule has 0 aliphatic rings. The van der Waals surface area contributed by atoms with Crippen molar-refractivity contribution in [1.82, 2.24) is 4.98 Å². The number of thiazole rings is 1. The highest BCUT2D eigenvalue weighted by Crippen LogP contribution is 2.27. The maximum Gasteiger partial charge on any atom is 0.412 e. The summed E-state index contributed by atoms with van der Waals surface area (Å²) in [5, 5.41) is 6.03. The molecule has 3 aromatic rings. The van der Waals surface area contributed by atoms with Gasteiger partial charge in [0.2, 0.25) is 5.91 Å². The highest BCUT2D eigenvalue weighted by atomic mass is 32.1. The van der Waals surface area contributed by atoms with Crippen molar-refractivity contribution in [1.29, 1.82) is 0 Å². The lowest BCUT2D eigenvalue weighted by atomic mass is 10.1. The van der Waals surface area contributed by atoms with E-state index in [1.165, 1.54) is 25.4 Å². The first-order valence-corrected chi connectivity index (χ1v) is 12.6. The molecule has 1 aromatic heterocycles.